The van der Waals surface area contributed by atoms with Gasteiger partial charge in [0.15, 0.2) is 8.32 Å². The van der Waals surface area contributed by atoms with Crippen molar-refractivity contribution in [3.63, 3.8) is 0 Å². The summed E-state index contributed by atoms with van der Waals surface area (Å²) in [5, 5.41) is 3.24. The van der Waals surface area contributed by atoms with E-state index < -0.39 is 8.32 Å². The molecule has 1 N–H and O–H groups in total. The van der Waals surface area contributed by atoms with Gasteiger partial charge >= 0.3 is 0 Å². The van der Waals surface area contributed by atoms with Crippen molar-refractivity contribution in [3.8, 4) is 0 Å². The minimum atomic E-state index is -1.90. The maximum atomic E-state index is 12.5. The summed E-state index contributed by atoms with van der Waals surface area (Å²) >= 11 is 0. The summed E-state index contributed by atoms with van der Waals surface area (Å²) in [4.78, 5) is 12.5. The minimum Gasteiger partial charge on any atom is -0.410 e. The first-order valence-electron chi connectivity index (χ1n) is 9.27. The predicted octanol–water partition coefficient (Wildman–Crippen LogP) is 5.04. The van der Waals surface area contributed by atoms with Gasteiger partial charge < -0.3 is 9.74 Å². The first kappa shape index (κ1) is 20.4. The molecular weight excluding hydrogens is 302 g/mol. The highest BCUT2D eigenvalue weighted by atomic mass is 28.4. The molecule has 1 rings (SSSR count). The van der Waals surface area contributed by atoms with Gasteiger partial charge in [-0.2, -0.15) is 0 Å². The Kier molecular flexibility index (Phi) is 8.02. The van der Waals surface area contributed by atoms with E-state index in [9.17, 15) is 4.79 Å². The van der Waals surface area contributed by atoms with Gasteiger partial charge in [-0.05, 0) is 37.4 Å². The molecule has 1 amide bonds. The van der Waals surface area contributed by atoms with Crippen LogP contribution >= 0.6 is 0 Å². The molecule has 1 aliphatic rings. The molecule has 0 aromatic heterocycles. The van der Waals surface area contributed by atoms with E-state index in [0.29, 0.717) is 0 Å². The van der Waals surface area contributed by atoms with E-state index in [-0.39, 0.29) is 23.0 Å². The van der Waals surface area contributed by atoms with Gasteiger partial charge in [0.1, 0.15) is 0 Å². The van der Waals surface area contributed by atoms with Crippen LogP contribution in [0.5, 0.6) is 0 Å². The van der Waals surface area contributed by atoms with E-state index in [0.717, 1.165) is 19.4 Å². The lowest BCUT2D eigenvalue weighted by molar-refractivity contribution is -0.126. The van der Waals surface area contributed by atoms with Crippen molar-refractivity contribution in [3.05, 3.63) is 12.2 Å². The average molecular weight is 340 g/mol. The first-order valence-corrected chi connectivity index (χ1v) is 12.2. The molecule has 0 bridgehead atoms. The van der Waals surface area contributed by atoms with Crippen LogP contribution in [0.25, 0.3) is 0 Å². The van der Waals surface area contributed by atoms with Crippen molar-refractivity contribution in [2.75, 3.05) is 6.54 Å². The molecule has 0 fully saturated rings. The van der Waals surface area contributed by atoms with Crippen molar-refractivity contribution < 1.29 is 9.22 Å². The standard InChI is InChI=1S/C19H37NO2Si/c1-16-17(22-23(5,6)19(2,3)4)14-12-10-8-7-9-11-13-15-20-18(16)21/h12,14,16-17H,7-11,13,15H2,1-6H3,(H,20,21)/b14-12+/t16-,17+/m1/s1. The van der Waals surface area contributed by atoms with Crippen molar-refractivity contribution in [1.29, 1.82) is 0 Å². The Bertz CT molecular complexity index is 399. The molecule has 2 atom stereocenters. The minimum absolute atomic E-state index is 0.114. The summed E-state index contributed by atoms with van der Waals surface area (Å²) < 4.78 is 6.55. The Morgan fingerprint density at radius 2 is 1.74 bits per heavy atom. The van der Waals surface area contributed by atoms with E-state index in [2.05, 4.69) is 51.3 Å². The molecular formula is C19H37NO2Si. The van der Waals surface area contributed by atoms with Gasteiger partial charge in [0, 0.05) is 6.54 Å². The number of hydrogen-bond donors (Lipinski definition) is 1. The third kappa shape index (κ3) is 6.80. The lowest BCUT2D eigenvalue weighted by atomic mass is 10.0. The third-order valence-corrected chi connectivity index (χ3v) is 9.79. The van der Waals surface area contributed by atoms with E-state index in [4.69, 9.17) is 4.43 Å². The van der Waals surface area contributed by atoms with Crippen LogP contribution < -0.4 is 5.32 Å². The molecule has 1 heterocycles. The second kappa shape index (κ2) is 9.02. The van der Waals surface area contributed by atoms with Crippen LogP contribution in [0.1, 0.15) is 66.2 Å². The smallest absolute Gasteiger partial charge is 0.225 e. The predicted molar refractivity (Wildman–Crippen MR) is 101 cm³/mol. The highest BCUT2D eigenvalue weighted by Gasteiger charge is 2.40. The summed E-state index contributed by atoms with van der Waals surface area (Å²) in [5.74, 6) is -0.0151. The topological polar surface area (TPSA) is 38.3 Å². The van der Waals surface area contributed by atoms with E-state index in [1.54, 1.807) is 0 Å². The van der Waals surface area contributed by atoms with Gasteiger partial charge in [-0.25, -0.2) is 0 Å². The van der Waals surface area contributed by atoms with Crippen LogP contribution in [0.4, 0.5) is 0 Å². The summed E-state index contributed by atoms with van der Waals surface area (Å²) in [6.45, 7) is 14.0. The van der Waals surface area contributed by atoms with Gasteiger partial charge in [-0.1, -0.05) is 59.1 Å². The summed E-state index contributed by atoms with van der Waals surface area (Å²) in [6, 6.07) is 0. The Labute approximate surface area is 144 Å². The molecule has 0 saturated carbocycles. The summed E-state index contributed by atoms with van der Waals surface area (Å²) in [6.07, 6.45) is 11.4. The summed E-state index contributed by atoms with van der Waals surface area (Å²) in [7, 11) is -1.90. The Morgan fingerprint density at radius 3 is 2.39 bits per heavy atom. The average Bonchev–Trinajstić information content (AvgIpc) is 2.45. The highest BCUT2D eigenvalue weighted by Crippen LogP contribution is 2.38. The number of carbonyl (C=O) groups is 1. The van der Waals surface area contributed by atoms with Gasteiger partial charge in [0.25, 0.3) is 0 Å². The van der Waals surface area contributed by atoms with Crippen molar-refractivity contribution in [1.82, 2.24) is 5.32 Å². The molecule has 0 aliphatic carbocycles. The van der Waals surface area contributed by atoms with E-state index >= 15 is 0 Å². The largest absolute Gasteiger partial charge is 0.410 e. The van der Waals surface area contributed by atoms with Gasteiger partial charge in [0.05, 0.1) is 12.0 Å². The fourth-order valence-corrected chi connectivity index (χ4v) is 3.81. The fraction of sp³-hybridized carbons (Fsp3) is 0.842. The second-order valence-electron chi connectivity index (χ2n) is 8.41. The molecule has 4 heteroatoms. The monoisotopic (exact) mass is 339 g/mol. The Hall–Kier alpha value is -0.613. The van der Waals surface area contributed by atoms with Crippen LogP contribution in [0.15, 0.2) is 12.2 Å². The lowest BCUT2D eigenvalue weighted by Crippen LogP contribution is -2.47. The molecule has 0 spiro atoms. The Morgan fingerprint density at radius 1 is 1.13 bits per heavy atom. The number of nitrogens with one attached hydrogen (secondary N) is 1. The zero-order valence-electron chi connectivity index (χ0n) is 16.1. The molecule has 0 saturated heterocycles. The normalized spacial score (nSPS) is 27.3. The third-order valence-electron chi connectivity index (χ3n) is 5.32. The van der Waals surface area contributed by atoms with Gasteiger partial charge in [-0.3, -0.25) is 4.79 Å². The van der Waals surface area contributed by atoms with Crippen LogP contribution in [-0.4, -0.2) is 26.9 Å². The number of hydrogen-bond acceptors (Lipinski definition) is 2. The fourth-order valence-electron chi connectivity index (χ4n) is 2.49. The Balaban J connectivity index is 2.87. The zero-order valence-corrected chi connectivity index (χ0v) is 17.1. The molecule has 0 aromatic carbocycles. The van der Waals surface area contributed by atoms with E-state index in [1.165, 1.54) is 25.7 Å². The second-order valence-corrected chi connectivity index (χ2v) is 13.2. The highest BCUT2D eigenvalue weighted by molar-refractivity contribution is 6.74. The van der Waals surface area contributed by atoms with Crippen LogP contribution in [-0.2, 0) is 9.22 Å². The van der Waals surface area contributed by atoms with Crippen molar-refractivity contribution in [2.24, 2.45) is 5.92 Å². The number of allylic oxidation sites excluding steroid dienone is 1. The van der Waals surface area contributed by atoms with Gasteiger partial charge in [0.2, 0.25) is 5.91 Å². The molecule has 0 unspecified atom stereocenters. The molecule has 134 valence electrons. The number of rotatable bonds is 2. The van der Waals surface area contributed by atoms with Crippen LogP contribution in [0, 0.1) is 5.92 Å². The molecule has 3 nitrogen and oxygen atoms in total. The van der Waals surface area contributed by atoms with Crippen LogP contribution in [0.2, 0.25) is 18.1 Å². The maximum absolute atomic E-state index is 12.5. The molecule has 0 aromatic rings. The van der Waals surface area contributed by atoms with Crippen molar-refractivity contribution >= 4 is 14.2 Å². The summed E-state index contributed by atoms with van der Waals surface area (Å²) in [5.41, 5.74) is 0. The lowest BCUT2D eigenvalue weighted by Gasteiger charge is -2.39. The van der Waals surface area contributed by atoms with E-state index in [1.807, 2.05) is 6.92 Å². The molecule has 23 heavy (non-hydrogen) atoms. The molecule has 1 aliphatic heterocycles. The van der Waals surface area contributed by atoms with Crippen LogP contribution in [0.3, 0.4) is 0 Å². The maximum Gasteiger partial charge on any atom is 0.225 e. The SMILES string of the molecule is C[C@H]1C(=O)NCCCCCCC/C=C/[C@@H]1O[Si](C)(C)C(C)(C)C. The zero-order chi connectivity index (χ0) is 17.5. The number of carbonyl (C=O) groups excluding carboxylic acids is 1. The quantitative estimate of drug-likeness (QED) is 0.565. The number of amides is 1. The molecule has 0 radical (unpaired) electrons. The first-order chi connectivity index (χ1) is 10.6. The van der Waals surface area contributed by atoms with Crippen molar-refractivity contribution in [2.45, 2.75) is 90.5 Å². The van der Waals surface area contributed by atoms with Gasteiger partial charge in [-0.15, -0.1) is 0 Å².